The summed E-state index contributed by atoms with van der Waals surface area (Å²) in [5.74, 6) is 0. The van der Waals surface area contributed by atoms with Crippen molar-refractivity contribution in [2.75, 3.05) is 11.9 Å². The lowest BCUT2D eigenvalue weighted by Crippen LogP contribution is -2.29. The third-order valence-corrected chi connectivity index (χ3v) is 2.45. The summed E-state index contributed by atoms with van der Waals surface area (Å²) in [5, 5.41) is 12.1. The number of nitrogens with one attached hydrogen (secondary N) is 1. The van der Waals surface area contributed by atoms with Gasteiger partial charge in [-0.2, -0.15) is 13.2 Å². The van der Waals surface area contributed by atoms with Crippen LogP contribution in [0.2, 0.25) is 0 Å². The van der Waals surface area contributed by atoms with E-state index in [4.69, 9.17) is 0 Å². The van der Waals surface area contributed by atoms with Gasteiger partial charge in [-0.25, -0.2) is 0 Å². The van der Waals surface area contributed by atoms with Crippen molar-refractivity contribution < 1.29 is 18.3 Å². The van der Waals surface area contributed by atoms with Crippen LogP contribution in [0.4, 0.5) is 18.9 Å². The van der Waals surface area contributed by atoms with Gasteiger partial charge < -0.3 is 10.4 Å². The van der Waals surface area contributed by atoms with Crippen molar-refractivity contribution in [3.63, 3.8) is 0 Å². The Balaban J connectivity index is 2.49. The molecule has 0 aromatic heterocycles. The largest absolute Gasteiger partial charge is 0.416 e. The Labute approximate surface area is 84.7 Å². The van der Waals surface area contributed by atoms with Gasteiger partial charge in [0.2, 0.25) is 0 Å². The minimum absolute atomic E-state index is 0.0536. The molecule has 0 spiro atoms. The molecule has 0 radical (unpaired) electrons. The van der Waals surface area contributed by atoms with Gasteiger partial charge in [-0.05, 0) is 17.7 Å². The maximum Gasteiger partial charge on any atom is 0.416 e. The number of aliphatic hydroxyl groups is 1. The lowest BCUT2D eigenvalue weighted by molar-refractivity contribution is -0.138. The van der Waals surface area contributed by atoms with Gasteiger partial charge in [0.1, 0.15) is 0 Å². The van der Waals surface area contributed by atoms with Crippen molar-refractivity contribution in [1.82, 2.24) is 0 Å². The van der Waals surface area contributed by atoms with Gasteiger partial charge in [-0.1, -0.05) is 6.07 Å². The van der Waals surface area contributed by atoms with E-state index in [1.54, 1.807) is 6.07 Å². The molecular weight excluding hydrogens is 207 g/mol. The summed E-state index contributed by atoms with van der Waals surface area (Å²) in [5.41, 5.74) is -0.0369. The molecule has 1 atom stereocenters. The van der Waals surface area contributed by atoms with Gasteiger partial charge in [0.05, 0.1) is 11.7 Å². The molecule has 0 saturated heterocycles. The van der Waals surface area contributed by atoms with E-state index in [9.17, 15) is 18.3 Å². The minimum atomic E-state index is -4.36. The minimum Gasteiger partial charge on any atom is -0.391 e. The van der Waals surface area contributed by atoms with Crippen LogP contribution in [0.25, 0.3) is 0 Å². The van der Waals surface area contributed by atoms with Crippen LogP contribution >= 0.6 is 0 Å². The highest BCUT2D eigenvalue weighted by Crippen LogP contribution is 2.36. The van der Waals surface area contributed by atoms with Crippen LogP contribution in [0, 0.1) is 0 Å². The number of β-amino-alcohol motifs (C(OH)–C–C–N with tert-alkyl or cyclic N) is 1. The Bertz CT molecular complexity index is 375. The molecule has 0 bridgehead atoms. The summed E-state index contributed by atoms with van der Waals surface area (Å²) in [6.45, 7) is 0.300. The Morgan fingerprint density at radius 3 is 2.73 bits per heavy atom. The predicted octanol–water partition coefficient (Wildman–Crippen LogP) is 2.03. The second kappa shape index (κ2) is 3.41. The summed E-state index contributed by atoms with van der Waals surface area (Å²) in [6, 6.07) is 4.00. The first kappa shape index (κ1) is 10.3. The number of alkyl halides is 3. The molecule has 1 aliphatic heterocycles. The summed E-state index contributed by atoms with van der Waals surface area (Å²) in [7, 11) is 0. The number of rotatable bonds is 0. The first-order valence-electron chi connectivity index (χ1n) is 4.59. The van der Waals surface area contributed by atoms with Crippen LogP contribution in [-0.4, -0.2) is 17.8 Å². The molecule has 1 aromatic rings. The molecule has 1 heterocycles. The second-order valence-corrected chi connectivity index (χ2v) is 3.57. The van der Waals surface area contributed by atoms with Gasteiger partial charge in [0.15, 0.2) is 0 Å². The normalized spacial score (nSPS) is 20.7. The van der Waals surface area contributed by atoms with Crippen LogP contribution in [0.1, 0.15) is 11.1 Å². The van der Waals surface area contributed by atoms with Crippen molar-refractivity contribution in [3.8, 4) is 0 Å². The lowest BCUT2D eigenvalue weighted by Gasteiger charge is -2.25. The van der Waals surface area contributed by atoms with Crippen LogP contribution in [-0.2, 0) is 12.6 Å². The molecule has 1 aliphatic rings. The van der Waals surface area contributed by atoms with Crippen LogP contribution < -0.4 is 5.32 Å². The third kappa shape index (κ3) is 1.92. The zero-order valence-corrected chi connectivity index (χ0v) is 7.80. The quantitative estimate of drug-likeness (QED) is 0.697. The zero-order valence-electron chi connectivity index (χ0n) is 7.80. The highest BCUT2D eigenvalue weighted by atomic mass is 19.4. The van der Waals surface area contributed by atoms with E-state index in [0.717, 1.165) is 6.07 Å². The number of benzene rings is 1. The van der Waals surface area contributed by atoms with Crippen LogP contribution in [0.5, 0.6) is 0 Å². The molecule has 1 aromatic carbocycles. The molecule has 5 heteroatoms. The highest BCUT2D eigenvalue weighted by molar-refractivity contribution is 5.57. The molecule has 0 aliphatic carbocycles. The summed E-state index contributed by atoms with van der Waals surface area (Å²) >= 11 is 0. The van der Waals surface area contributed by atoms with E-state index in [0.29, 0.717) is 12.2 Å². The SMILES string of the molecule is OC1CNc2cccc(C(F)(F)F)c2C1. The molecule has 0 amide bonds. The topological polar surface area (TPSA) is 32.3 Å². The van der Waals surface area contributed by atoms with E-state index in [1.807, 2.05) is 0 Å². The van der Waals surface area contributed by atoms with Crippen LogP contribution in [0.3, 0.4) is 0 Å². The van der Waals surface area contributed by atoms with Gasteiger partial charge in [0.25, 0.3) is 0 Å². The molecule has 1 unspecified atom stereocenters. The fourth-order valence-corrected chi connectivity index (χ4v) is 1.77. The van der Waals surface area contributed by atoms with Gasteiger partial charge >= 0.3 is 6.18 Å². The zero-order chi connectivity index (χ0) is 11.1. The fraction of sp³-hybridized carbons (Fsp3) is 0.400. The monoisotopic (exact) mass is 217 g/mol. The Morgan fingerprint density at radius 2 is 2.07 bits per heavy atom. The van der Waals surface area contributed by atoms with E-state index < -0.39 is 17.8 Å². The first-order chi connectivity index (χ1) is 6.98. The van der Waals surface area contributed by atoms with E-state index in [1.165, 1.54) is 6.07 Å². The fourth-order valence-electron chi connectivity index (χ4n) is 1.77. The van der Waals surface area contributed by atoms with E-state index in [-0.39, 0.29) is 12.0 Å². The van der Waals surface area contributed by atoms with Gasteiger partial charge in [-0.15, -0.1) is 0 Å². The van der Waals surface area contributed by atoms with E-state index in [2.05, 4.69) is 5.32 Å². The van der Waals surface area contributed by atoms with E-state index >= 15 is 0 Å². The van der Waals surface area contributed by atoms with Crippen molar-refractivity contribution in [1.29, 1.82) is 0 Å². The molecule has 0 fully saturated rings. The Morgan fingerprint density at radius 1 is 1.33 bits per heavy atom. The maximum absolute atomic E-state index is 12.6. The Hall–Kier alpha value is -1.23. The first-order valence-corrected chi connectivity index (χ1v) is 4.59. The van der Waals surface area contributed by atoms with Crippen molar-refractivity contribution in [3.05, 3.63) is 29.3 Å². The molecule has 2 nitrogen and oxygen atoms in total. The Kier molecular flexibility index (Phi) is 2.34. The molecule has 2 N–H and O–H groups in total. The van der Waals surface area contributed by atoms with Crippen LogP contribution in [0.15, 0.2) is 18.2 Å². The standard InChI is InChI=1S/C10H10F3NO/c11-10(12,13)8-2-1-3-9-7(8)4-6(15)5-14-9/h1-3,6,14-15H,4-5H2. The van der Waals surface area contributed by atoms with Gasteiger partial charge in [-0.3, -0.25) is 0 Å². The molecule has 0 saturated carbocycles. The highest BCUT2D eigenvalue weighted by Gasteiger charge is 2.35. The molecule has 15 heavy (non-hydrogen) atoms. The molecule has 2 rings (SSSR count). The predicted molar refractivity (Wildman–Crippen MR) is 49.6 cm³/mol. The summed E-state index contributed by atoms with van der Waals surface area (Å²) in [4.78, 5) is 0. The number of anilines is 1. The van der Waals surface area contributed by atoms with Crippen molar-refractivity contribution in [2.24, 2.45) is 0 Å². The average Bonchev–Trinajstić information content (AvgIpc) is 2.15. The van der Waals surface area contributed by atoms with Crippen molar-refractivity contribution in [2.45, 2.75) is 18.7 Å². The van der Waals surface area contributed by atoms with Crippen molar-refractivity contribution >= 4 is 5.69 Å². The number of hydrogen-bond acceptors (Lipinski definition) is 2. The molecule has 82 valence electrons. The number of aliphatic hydroxyl groups excluding tert-OH is 1. The third-order valence-electron chi connectivity index (χ3n) is 2.45. The van der Waals surface area contributed by atoms with Gasteiger partial charge in [0, 0.05) is 18.7 Å². The second-order valence-electron chi connectivity index (χ2n) is 3.57. The number of hydrogen-bond donors (Lipinski definition) is 2. The maximum atomic E-state index is 12.6. The average molecular weight is 217 g/mol. The summed E-state index contributed by atoms with van der Waals surface area (Å²) in [6.07, 6.45) is -5.05. The number of halogens is 3. The lowest BCUT2D eigenvalue weighted by atomic mass is 9.96. The molecular formula is C10H10F3NO. The number of fused-ring (bicyclic) bond motifs is 1. The summed E-state index contributed by atoms with van der Waals surface area (Å²) < 4.78 is 37.8. The smallest absolute Gasteiger partial charge is 0.391 e.